The molecule has 0 saturated carbocycles. The molecule has 7 nitrogen and oxygen atoms in total. The Labute approximate surface area is 143 Å². The second kappa shape index (κ2) is 5.84. The van der Waals surface area contributed by atoms with Crippen molar-refractivity contribution in [1.29, 1.82) is 0 Å². The highest BCUT2D eigenvalue weighted by molar-refractivity contribution is 7.89. The number of hydrogen-bond donors (Lipinski definition) is 0. The molecular weight excluding hydrogens is 328 g/mol. The Kier molecular flexibility index (Phi) is 4.24. The van der Waals surface area contributed by atoms with Crippen LogP contribution in [0, 0.1) is 6.92 Å². The minimum absolute atomic E-state index is 0.0303. The van der Waals surface area contributed by atoms with Gasteiger partial charge >= 0.3 is 0 Å². The van der Waals surface area contributed by atoms with Gasteiger partial charge in [0, 0.05) is 33.3 Å². The maximum Gasteiger partial charge on any atom is 0.247 e. The molecule has 3 rings (SSSR count). The summed E-state index contributed by atoms with van der Waals surface area (Å²) < 4.78 is 29.8. The maximum atomic E-state index is 13.3. The number of carbonyl (C=O) groups excluding carboxylic acids is 1. The summed E-state index contributed by atoms with van der Waals surface area (Å²) in [7, 11) is -1.91. The summed E-state index contributed by atoms with van der Waals surface area (Å²) in [6, 6.07) is -0.0516. The smallest absolute Gasteiger partial charge is 0.247 e. The predicted molar refractivity (Wildman–Crippen MR) is 89.9 cm³/mol. The molecule has 2 fully saturated rings. The van der Waals surface area contributed by atoms with Crippen LogP contribution < -0.4 is 0 Å². The van der Waals surface area contributed by atoms with Crippen molar-refractivity contribution in [3.8, 4) is 0 Å². The number of fused-ring (bicyclic) bond motifs is 1. The van der Waals surface area contributed by atoms with Gasteiger partial charge in [-0.15, -0.1) is 0 Å². The van der Waals surface area contributed by atoms with E-state index < -0.39 is 15.6 Å². The van der Waals surface area contributed by atoms with Crippen molar-refractivity contribution in [3.05, 3.63) is 11.9 Å². The monoisotopic (exact) mass is 354 g/mol. The number of nitrogens with zero attached hydrogens (tertiary/aromatic N) is 4. The number of likely N-dealkylation sites (tertiary alicyclic amines) is 1. The molecule has 134 valence electrons. The van der Waals surface area contributed by atoms with Gasteiger partial charge in [0.25, 0.3) is 0 Å². The lowest BCUT2D eigenvalue weighted by atomic mass is 9.78. The van der Waals surface area contributed by atoms with E-state index in [1.165, 1.54) is 4.68 Å². The van der Waals surface area contributed by atoms with Gasteiger partial charge in [0.05, 0.1) is 17.3 Å². The SMILES string of the molecule is CC(=O)N1CCC[C@@]2(C)[C@H]1CCCN2S(=O)(=O)c1cn(C)nc1C. The van der Waals surface area contributed by atoms with E-state index in [0.29, 0.717) is 12.2 Å². The van der Waals surface area contributed by atoms with Gasteiger partial charge in [-0.2, -0.15) is 9.40 Å². The average Bonchev–Trinajstić information content (AvgIpc) is 2.84. The van der Waals surface area contributed by atoms with Crippen LogP contribution in [0.5, 0.6) is 0 Å². The summed E-state index contributed by atoms with van der Waals surface area (Å²) in [5.41, 5.74) is -0.0361. The van der Waals surface area contributed by atoms with E-state index in [1.54, 1.807) is 31.4 Å². The molecule has 2 aliphatic rings. The molecule has 1 aromatic rings. The van der Waals surface area contributed by atoms with Crippen molar-refractivity contribution in [3.63, 3.8) is 0 Å². The van der Waals surface area contributed by atoms with Gasteiger partial charge in [0.1, 0.15) is 4.90 Å². The number of aryl methyl sites for hydroxylation is 2. The van der Waals surface area contributed by atoms with Crippen LogP contribution in [0.15, 0.2) is 11.1 Å². The Morgan fingerprint density at radius 3 is 2.62 bits per heavy atom. The molecule has 1 amide bonds. The van der Waals surface area contributed by atoms with Crippen molar-refractivity contribution in [1.82, 2.24) is 19.0 Å². The molecule has 2 aliphatic heterocycles. The van der Waals surface area contributed by atoms with Crippen molar-refractivity contribution < 1.29 is 13.2 Å². The molecule has 0 spiro atoms. The zero-order chi connectivity index (χ0) is 17.7. The highest BCUT2D eigenvalue weighted by Crippen LogP contribution is 2.42. The lowest BCUT2D eigenvalue weighted by molar-refractivity contribution is -0.138. The molecule has 24 heavy (non-hydrogen) atoms. The van der Waals surface area contributed by atoms with E-state index in [2.05, 4.69) is 5.10 Å². The molecule has 2 saturated heterocycles. The number of amides is 1. The zero-order valence-corrected chi connectivity index (χ0v) is 15.6. The first-order valence-corrected chi connectivity index (χ1v) is 9.92. The fourth-order valence-corrected chi connectivity index (χ4v) is 6.50. The normalized spacial score (nSPS) is 28.7. The fraction of sp³-hybridized carbons (Fsp3) is 0.750. The number of hydrogen-bond acceptors (Lipinski definition) is 4. The summed E-state index contributed by atoms with van der Waals surface area (Å²) in [6.45, 7) is 6.50. The summed E-state index contributed by atoms with van der Waals surface area (Å²) in [5, 5.41) is 4.19. The first-order chi connectivity index (χ1) is 11.2. The second-order valence-corrected chi connectivity index (χ2v) is 8.99. The van der Waals surface area contributed by atoms with E-state index in [-0.39, 0.29) is 16.8 Å². The summed E-state index contributed by atoms with van der Waals surface area (Å²) in [5.74, 6) is 0.0303. The van der Waals surface area contributed by atoms with E-state index in [9.17, 15) is 13.2 Å². The number of sulfonamides is 1. The lowest BCUT2D eigenvalue weighted by Gasteiger charge is -2.55. The van der Waals surface area contributed by atoms with E-state index in [0.717, 1.165) is 32.2 Å². The van der Waals surface area contributed by atoms with Crippen molar-refractivity contribution in [2.24, 2.45) is 7.05 Å². The fourth-order valence-electron chi connectivity index (χ4n) is 4.43. The van der Waals surface area contributed by atoms with Gasteiger partial charge in [-0.25, -0.2) is 8.42 Å². The largest absolute Gasteiger partial charge is 0.338 e. The topological polar surface area (TPSA) is 75.5 Å². The van der Waals surface area contributed by atoms with Crippen LogP contribution in [0.25, 0.3) is 0 Å². The highest BCUT2D eigenvalue weighted by atomic mass is 32.2. The second-order valence-electron chi connectivity index (χ2n) is 7.16. The molecule has 1 aromatic heterocycles. The van der Waals surface area contributed by atoms with E-state index in [4.69, 9.17) is 0 Å². The predicted octanol–water partition coefficient (Wildman–Crippen LogP) is 1.28. The Hall–Kier alpha value is -1.41. The Morgan fingerprint density at radius 2 is 2.04 bits per heavy atom. The molecule has 0 unspecified atom stereocenters. The highest BCUT2D eigenvalue weighted by Gasteiger charge is 2.52. The maximum absolute atomic E-state index is 13.3. The third kappa shape index (κ3) is 2.56. The van der Waals surface area contributed by atoms with Crippen LogP contribution in [-0.4, -0.2) is 58.0 Å². The third-order valence-electron chi connectivity index (χ3n) is 5.53. The molecule has 0 aliphatic carbocycles. The quantitative estimate of drug-likeness (QED) is 0.802. The molecule has 0 N–H and O–H groups in total. The van der Waals surface area contributed by atoms with Crippen LogP contribution in [0.1, 0.15) is 45.2 Å². The summed E-state index contributed by atoms with van der Waals surface area (Å²) in [4.78, 5) is 14.2. The molecule has 8 heteroatoms. The average molecular weight is 354 g/mol. The lowest BCUT2D eigenvalue weighted by Crippen LogP contribution is -2.67. The minimum Gasteiger partial charge on any atom is -0.338 e. The molecule has 2 atom stereocenters. The first-order valence-electron chi connectivity index (χ1n) is 8.48. The summed E-state index contributed by atoms with van der Waals surface area (Å²) >= 11 is 0. The number of piperidine rings is 2. The van der Waals surface area contributed by atoms with Gasteiger partial charge in [-0.1, -0.05) is 0 Å². The summed E-state index contributed by atoms with van der Waals surface area (Å²) in [6.07, 6.45) is 4.80. The van der Waals surface area contributed by atoms with Gasteiger partial charge in [0.2, 0.25) is 15.9 Å². The Balaban J connectivity index is 2.04. The molecule has 0 bridgehead atoms. The molecular formula is C16H26N4O3S. The van der Waals surface area contributed by atoms with Crippen LogP contribution in [0.2, 0.25) is 0 Å². The Bertz CT molecular complexity index is 757. The van der Waals surface area contributed by atoms with Crippen LogP contribution in [-0.2, 0) is 21.9 Å². The van der Waals surface area contributed by atoms with Gasteiger partial charge < -0.3 is 4.90 Å². The number of aromatic nitrogens is 2. The first kappa shape index (κ1) is 17.4. The van der Waals surface area contributed by atoms with Crippen molar-refractivity contribution in [2.45, 2.75) is 62.9 Å². The van der Waals surface area contributed by atoms with E-state index >= 15 is 0 Å². The number of rotatable bonds is 2. The van der Waals surface area contributed by atoms with Crippen LogP contribution in [0.3, 0.4) is 0 Å². The van der Waals surface area contributed by atoms with Crippen LogP contribution >= 0.6 is 0 Å². The third-order valence-corrected chi connectivity index (χ3v) is 7.66. The molecule has 3 heterocycles. The van der Waals surface area contributed by atoms with Crippen LogP contribution in [0.4, 0.5) is 0 Å². The molecule has 0 radical (unpaired) electrons. The van der Waals surface area contributed by atoms with Crippen molar-refractivity contribution >= 4 is 15.9 Å². The van der Waals surface area contributed by atoms with Crippen molar-refractivity contribution in [2.75, 3.05) is 13.1 Å². The Morgan fingerprint density at radius 1 is 1.33 bits per heavy atom. The number of carbonyl (C=O) groups is 1. The van der Waals surface area contributed by atoms with E-state index in [1.807, 2.05) is 11.8 Å². The standard InChI is InChI=1S/C16H26N4O3S/c1-12-14(11-18(4)17-12)24(22,23)20-10-5-7-15-16(20,3)8-6-9-19(15)13(2)21/h11,15H,5-10H2,1-4H3/t15-,16+/m1/s1. The zero-order valence-electron chi connectivity index (χ0n) is 14.8. The minimum atomic E-state index is -3.64. The molecule has 0 aromatic carbocycles. The van der Waals surface area contributed by atoms with Gasteiger partial charge in [-0.05, 0) is 39.5 Å². The van der Waals surface area contributed by atoms with Gasteiger partial charge in [0.15, 0.2) is 0 Å². The van der Waals surface area contributed by atoms with Gasteiger partial charge in [-0.3, -0.25) is 9.48 Å².